The Morgan fingerprint density at radius 1 is 1.16 bits per heavy atom. The molecular weight excluding hydrogens is 316 g/mol. The second-order valence-corrected chi connectivity index (χ2v) is 6.44. The molecule has 0 radical (unpaired) electrons. The highest BCUT2D eigenvalue weighted by Crippen LogP contribution is 2.17. The second kappa shape index (κ2) is 8.32. The number of carbonyl (C=O) groups is 1. The predicted octanol–water partition coefficient (Wildman–Crippen LogP) is 2.74. The highest BCUT2D eigenvalue weighted by Gasteiger charge is 2.23. The van der Waals surface area contributed by atoms with Crippen LogP contribution in [0.25, 0.3) is 0 Å². The molecular formula is C20H22N2O3. The lowest BCUT2D eigenvalue weighted by Gasteiger charge is -2.29. The largest absolute Gasteiger partial charge is 0.482 e. The Labute approximate surface area is 148 Å². The van der Waals surface area contributed by atoms with Gasteiger partial charge in [0.25, 0.3) is 5.91 Å². The molecule has 25 heavy (non-hydrogen) atoms. The Kier molecular flexibility index (Phi) is 6.15. The van der Waals surface area contributed by atoms with E-state index in [2.05, 4.69) is 0 Å². The average Bonchev–Trinajstić information content (AvgIpc) is 2.59. The van der Waals surface area contributed by atoms with E-state index in [1.54, 1.807) is 43.0 Å². The maximum absolute atomic E-state index is 12.6. The zero-order valence-corrected chi connectivity index (χ0v) is 14.5. The molecule has 1 amide bonds. The van der Waals surface area contributed by atoms with Crippen molar-refractivity contribution >= 4 is 5.91 Å². The Morgan fingerprint density at radius 2 is 1.80 bits per heavy atom. The van der Waals surface area contributed by atoms with Crippen LogP contribution in [0, 0.1) is 11.3 Å². The van der Waals surface area contributed by atoms with E-state index in [4.69, 9.17) is 10.00 Å². The Bertz CT molecular complexity index is 746. The first kappa shape index (κ1) is 18.5. The third-order valence-electron chi connectivity index (χ3n) is 3.51. The van der Waals surface area contributed by atoms with Crippen LogP contribution in [0.1, 0.15) is 25.0 Å². The number of aliphatic hydroxyl groups is 1. The first-order valence-corrected chi connectivity index (χ1v) is 8.05. The smallest absolute Gasteiger partial charge is 0.260 e. The van der Waals surface area contributed by atoms with Crippen molar-refractivity contribution < 1.29 is 14.6 Å². The van der Waals surface area contributed by atoms with Crippen LogP contribution in [-0.4, -0.2) is 34.7 Å². The minimum Gasteiger partial charge on any atom is -0.482 e. The number of para-hydroxylation sites is 1. The molecule has 2 rings (SSSR count). The standard InChI is InChI=1S/C20H22N2O3/c1-20(2,24)15-22(13-16-8-4-3-5-9-16)19(23)14-25-18-11-7-6-10-17(18)12-21/h3-11,24H,13-15H2,1-2H3. The van der Waals surface area contributed by atoms with Gasteiger partial charge in [-0.25, -0.2) is 0 Å². The van der Waals surface area contributed by atoms with E-state index in [-0.39, 0.29) is 19.1 Å². The number of hydrogen-bond acceptors (Lipinski definition) is 4. The lowest BCUT2D eigenvalue weighted by atomic mass is 10.1. The highest BCUT2D eigenvalue weighted by atomic mass is 16.5. The zero-order valence-electron chi connectivity index (χ0n) is 14.5. The molecule has 2 aromatic rings. The maximum atomic E-state index is 12.6. The Balaban J connectivity index is 2.08. The van der Waals surface area contributed by atoms with E-state index in [0.29, 0.717) is 17.9 Å². The third-order valence-corrected chi connectivity index (χ3v) is 3.51. The van der Waals surface area contributed by atoms with Crippen molar-refractivity contribution in [2.45, 2.75) is 26.0 Å². The number of hydrogen-bond donors (Lipinski definition) is 1. The van der Waals surface area contributed by atoms with Crippen molar-refractivity contribution in [3.8, 4) is 11.8 Å². The summed E-state index contributed by atoms with van der Waals surface area (Å²) in [5.74, 6) is 0.125. The van der Waals surface area contributed by atoms with Gasteiger partial charge in [0.2, 0.25) is 0 Å². The second-order valence-electron chi connectivity index (χ2n) is 6.44. The minimum atomic E-state index is -1.02. The van der Waals surface area contributed by atoms with Gasteiger partial charge in [0.1, 0.15) is 11.8 Å². The molecule has 0 saturated heterocycles. The molecule has 130 valence electrons. The van der Waals surface area contributed by atoms with E-state index in [1.165, 1.54) is 0 Å². The van der Waals surface area contributed by atoms with Crippen molar-refractivity contribution in [3.63, 3.8) is 0 Å². The van der Waals surface area contributed by atoms with Crippen molar-refractivity contribution in [1.29, 1.82) is 5.26 Å². The number of benzene rings is 2. The van der Waals surface area contributed by atoms with Gasteiger partial charge >= 0.3 is 0 Å². The molecule has 0 heterocycles. The molecule has 0 aliphatic heterocycles. The molecule has 0 aliphatic rings. The van der Waals surface area contributed by atoms with Gasteiger partial charge in [-0.05, 0) is 31.5 Å². The van der Waals surface area contributed by atoms with Gasteiger partial charge in [-0.3, -0.25) is 4.79 Å². The quantitative estimate of drug-likeness (QED) is 0.842. The average molecular weight is 338 g/mol. The zero-order chi connectivity index (χ0) is 18.3. The van der Waals surface area contributed by atoms with Crippen molar-refractivity contribution in [1.82, 2.24) is 4.90 Å². The van der Waals surface area contributed by atoms with Crippen LogP contribution >= 0.6 is 0 Å². The van der Waals surface area contributed by atoms with Gasteiger partial charge in [0.15, 0.2) is 6.61 Å². The fourth-order valence-electron chi connectivity index (χ4n) is 2.42. The fourth-order valence-corrected chi connectivity index (χ4v) is 2.42. The van der Waals surface area contributed by atoms with Crippen molar-refractivity contribution in [2.24, 2.45) is 0 Å². The first-order chi connectivity index (χ1) is 11.9. The summed E-state index contributed by atoms with van der Waals surface area (Å²) in [7, 11) is 0. The van der Waals surface area contributed by atoms with E-state index < -0.39 is 5.60 Å². The fraction of sp³-hybridized carbons (Fsp3) is 0.300. The van der Waals surface area contributed by atoms with Crippen molar-refractivity contribution in [2.75, 3.05) is 13.2 Å². The molecule has 2 aromatic carbocycles. The summed E-state index contributed by atoms with van der Waals surface area (Å²) >= 11 is 0. The van der Waals surface area contributed by atoms with Gasteiger partial charge in [-0.1, -0.05) is 42.5 Å². The minimum absolute atomic E-state index is 0.185. The molecule has 0 aromatic heterocycles. The molecule has 0 atom stereocenters. The highest BCUT2D eigenvalue weighted by molar-refractivity contribution is 5.78. The molecule has 0 saturated carbocycles. The Morgan fingerprint density at radius 3 is 2.44 bits per heavy atom. The summed E-state index contributed by atoms with van der Waals surface area (Å²) in [6.07, 6.45) is 0. The topological polar surface area (TPSA) is 73.6 Å². The Hall–Kier alpha value is -2.84. The van der Waals surface area contributed by atoms with Crippen LogP contribution in [0.15, 0.2) is 54.6 Å². The molecule has 5 nitrogen and oxygen atoms in total. The van der Waals surface area contributed by atoms with Crippen LogP contribution in [-0.2, 0) is 11.3 Å². The van der Waals surface area contributed by atoms with Crippen LogP contribution in [0.5, 0.6) is 5.75 Å². The van der Waals surface area contributed by atoms with Crippen molar-refractivity contribution in [3.05, 3.63) is 65.7 Å². The molecule has 0 bridgehead atoms. The van der Waals surface area contributed by atoms with E-state index in [1.807, 2.05) is 36.4 Å². The van der Waals surface area contributed by atoms with E-state index in [9.17, 15) is 9.90 Å². The van der Waals surface area contributed by atoms with Crippen LogP contribution < -0.4 is 4.74 Å². The van der Waals surface area contributed by atoms with Gasteiger partial charge in [0, 0.05) is 13.1 Å². The number of ether oxygens (including phenoxy) is 1. The van der Waals surface area contributed by atoms with Crippen LogP contribution in [0.2, 0.25) is 0 Å². The normalized spacial score (nSPS) is 10.8. The third kappa shape index (κ3) is 5.94. The number of nitrogens with zero attached hydrogens (tertiary/aromatic N) is 2. The summed E-state index contributed by atoms with van der Waals surface area (Å²) in [4.78, 5) is 14.2. The van der Waals surface area contributed by atoms with Crippen LogP contribution in [0.4, 0.5) is 0 Å². The monoisotopic (exact) mass is 338 g/mol. The molecule has 0 fully saturated rings. The van der Waals surface area contributed by atoms with Gasteiger partial charge < -0.3 is 14.7 Å². The molecule has 1 N–H and O–H groups in total. The number of amides is 1. The van der Waals surface area contributed by atoms with Crippen LogP contribution in [0.3, 0.4) is 0 Å². The number of carbonyl (C=O) groups excluding carboxylic acids is 1. The summed E-state index contributed by atoms with van der Waals surface area (Å²) in [6.45, 7) is 3.69. The summed E-state index contributed by atoms with van der Waals surface area (Å²) < 4.78 is 5.53. The molecule has 0 aliphatic carbocycles. The summed E-state index contributed by atoms with van der Waals surface area (Å²) in [5, 5.41) is 19.2. The lowest BCUT2D eigenvalue weighted by molar-refractivity contribution is -0.137. The molecule has 0 spiro atoms. The summed E-state index contributed by atoms with van der Waals surface area (Å²) in [6, 6.07) is 18.4. The maximum Gasteiger partial charge on any atom is 0.260 e. The predicted molar refractivity (Wildman–Crippen MR) is 94.8 cm³/mol. The number of nitriles is 1. The molecule has 0 unspecified atom stereocenters. The van der Waals surface area contributed by atoms with E-state index in [0.717, 1.165) is 5.56 Å². The molecule has 5 heteroatoms. The summed E-state index contributed by atoms with van der Waals surface area (Å²) in [5.41, 5.74) is 0.333. The first-order valence-electron chi connectivity index (χ1n) is 8.05. The lowest BCUT2D eigenvalue weighted by Crippen LogP contribution is -2.43. The van der Waals surface area contributed by atoms with Gasteiger partial charge in [-0.2, -0.15) is 5.26 Å². The van der Waals surface area contributed by atoms with E-state index >= 15 is 0 Å². The van der Waals surface area contributed by atoms with Gasteiger partial charge in [0.05, 0.1) is 11.2 Å². The SMILES string of the molecule is CC(C)(O)CN(Cc1ccccc1)C(=O)COc1ccccc1C#N. The number of rotatable bonds is 7. The van der Waals surface area contributed by atoms with Gasteiger partial charge in [-0.15, -0.1) is 0 Å².